The van der Waals surface area contributed by atoms with Crippen LogP contribution < -0.4 is 0 Å². The van der Waals surface area contributed by atoms with Gasteiger partial charge in [-0.25, -0.2) is 4.68 Å². The highest BCUT2D eigenvalue weighted by molar-refractivity contribution is 7.90. The number of nitrogens with zero attached hydrogens (tertiary/aromatic N) is 2. The average molecular weight is 202 g/mol. The van der Waals surface area contributed by atoms with Crippen LogP contribution in [-0.4, -0.2) is 25.2 Å². The van der Waals surface area contributed by atoms with Crippen LogP contribution in [0.3, 0.4) is 0 Å². The highest BCUT2D eigenvalue weighted by atomic mass is 32.2. The van der Waals surface area contributed by atoms with Crippen LogP contribution >= 0.6 is 0 Å². The summed E-state index contributed by atoms with van der Waals surface area (Å²) in [7, 11) is 1.65. The quantitative estimate of drug-likeness (QED) is 0.734. The first-order valence-electron chi connectivity index (χ1n) is 4.20. The molecule has 0 spiro atoms. The Kier molecular flexibility index (Phi) is 3.62. The van der Waals surface area contributed by atoms with Crippen LogP contribution in [0, 0.1) is 0 Å². The maximum atomic E-state index is 11.3. The van der Waals surface area contributed by atoms with Crippen molar-refractivity contribution >= 4 is 11.2 Å². The first-order valence-corrected chi connectivity index (χ1v) is 5.69. The third-order valence-electron chi connectivity index (χ3n) is 1.65. The minimum atomic E-state index is -0.853. The van der Waals surface area contributed by atoms with E-state index in [0.29, 0.717) is 17.2 Å². The zero-order valence-corrected chi connectivity index (χ0v) is 8.67. The van der Waals surface area contributed by atoms with Crippen LogP contribution in [0.2, 0.25) is 0 Å². The van der Waals surface area contributed by atoms with Crippen molar-refractivity contribution in [3.8, 4) is 5.88 Å². The van der Waals surface area contributed by atoms with Crippen LogP contribution in [0.4, 0.5) is 0 Å². The molecule has 0 aliphatic rings. The summed E-state index contributed by atoms with van der Waals surface area (Å²) in [5, 5.41) is 13.2. The summed E-state index contributed by atoms with van der Waals surface area (Å²) in [6.45, 7) is 1.99. The average Bonchev–Trinajstić information content (AvgIpc) is 2.31. The Labute approximate surface area is 80.8 Å². The van der Waals surface area contributed by atoms with Crippen molar-refractivity contribution < 1.29 is 9.66 Å². The van der Waals surface area contributed by atoms with E-state index in [0.717, 1.165) is 6.42 Å². The standard InChI is InChI=1S/C8H14N2O2S/c1-3-4-13(12)6-7-5-8(11)10(2)9-7/h5,11H,3-4,6H2,1-2H3. The second-order valence-corrected chi connectivity index (χ2v) is 4.48. The second-order valence-electron chi connectivity index (χ2n) is 2.91. The van der Waals surface area contributed by atoms with E-state index in [1.54, 1.807) is 13.1 Å². The molecule has 0 radical (unpaired) electrons. The number of rotatable bonds is 4. The molecule has 1 heterocycles. The molecule has 5 heteroatoms. The summed E-state index contributed by atoms with van der Waals surface area (Å²) in [6, 6.07) is 1.55. The lowest BCUT2D eigenvalue weighted by Gasteiger charge is -2.06. The van der Waals surface area contributed by atoms with Gasteiger partial charge in [-0.05, 0) is 17.6 Å². The zero-order valence-electron chi connectivity index (χ0n) is 7.86. The predicted molar refractivity (Wildman–Crippen MR) is 51.9 cm³/mol. The Morgan fingerprint density at radius 1 is 1.69 bits per heavy atom. The molecule has 0 fully saturated rings. The van der Waals surface area contributed by atoms with E-state index in [-0.39, 0.29) is 5.88 Å². The van der Waals surface area contributed by atoms with E-state index in [4.69, 9.17) is 0 Å². The molecule has 0 saturated carbocycles. The summed E-state index contributed by atoms with van der Waals surface area (Å²) in [6.07, 6.45) is 0.908. The van der Waals surface area contributed by atoms with Gasteiger partial charge >= 0.3 is 0 Å². The van der Waals surface area contributed by atoms with Crippen LogP contribution in [-0.2, 0) is 24.0 Å². The van der Waals surface area contributed by atoms with E-state index in [9.17, 15) is 9.66 Å². The van der Waals surface area contributed by atoms with Gasteiger partial charge in [-0.3, -0.25) is 0 Å². The minimum Gasteiger partial charge on any atom is -0.616 e. The molecule has 0 aliphatic carbocycles. The van der Waals surface area contributed by atoms with Crippen molar-refractivity contribution in [2.75, 3.05) is 5.75 Å². The number of aromatic nitrogens is 2. The molecule has 1 N–H and O–H groups in total. The van der Waals surface area contributed by atoms with Gasteiger partial charge in [0.25, 0.3) is 0 Å². The maximum absolute atomic E-state index is 11.3. The normalized spacial score (nSPS) is 13.2. The summed E-state index contributed by atoms with van der Waals surface area (Å²) in [5.41, 5.74) is 0.687. The van der Waals surface area contributed by atoms with E-state index in [1.807, 2.05) is 6.92 Å². The first kappa shape index (κ1) is 10.4. The van der Waals surface area contributed by atoms with Gasteiger partial charge < -0.3 is 9.66 Å². The highest BCUT2D eigenvalue weighted by Crippen LogP contribution is 2.12. The minimum absolute atomic E-state index is 0.114. The van der Waals surface area contributed by atoms with E-state index in [2.05, 4.69) is 5.10 Å². The molecule has 4 nitrogen and oxygen atoms in total. The Morgan fingerprint density at radius 2 is 2.38 bits per heavy atom. The van der Waals surface area contributed by atoms with Crippen molar-refractivity contribution in [3.05, 3.63) is 11.8 Å². The maximum Gasteiger partial charge on any atom is 0.209 e. The van der Waals surface area contributed by atoms with Crippen molar-refractivity contribution in [2.24, 2.45) is 7.05 Å². The van der Waals surface area contributed by atoms with Crippen LogP contribution in [0.5, 0.6) is 5.88 Å². The predicted octanol–water partition coefficient (Wildman–Crippen LogP) is 0.784. The van der Waals surface area contributed by atoms with Gasteiger partial charge in [-0.1, -0.05) is 6.92 Å². The molecule has 1 aromatic heterocycles. The van der Waals surface area contributed by atoms with Gasteiger partial charge in [0.1, 0.15) is 17.2 Å². The number of aromatic hydroxyl groups is 1. The molecule has 0 aliphatic heterocycles. The van der Waals surface area contributed by atoms with Gasteiger partial charge in [-0.2, -0.15) is 5.10 Å². The van der Waals surface area contributed by atoms with E-state index >= 15 is 0 Å². The van der Waals surface area contributed by atoms with Gasteiger partial charge in [0.15, 0.2) is 0 Å². The SMILES string of the molecule is CCC[S+]([O-])Cc1cc(O)n(C)n1. The second kappa shape index (κ2) is 4.53. The van der Waals surface area contributed by atoms with Gasteiger partial charge in [0.05, 0.1) is 0 Å². The van der Waals surface area contributed by atoms with Crippen molar-refractivity contribution in [3.63, 3.8) is 0 Å². The van der Waals surface area contributed by atoms with E-state index < -0.39 is 11.2 Å². The van der Waals surface area contributed by atoms with Gasteiger partial charge in [0.2, 0.25) is 5.88 Å². The fourth-order valence-corrected chi connectivity index (χ4v) is 2.12. The summed E-state index contributed by atoms with van der Waals surface area (Å²) in [5.74, 6) is 1.24. The molecule has 1 aromatic rings. The molecular formula is C8H14N2O2S. The molecule has 1 rings (SSSR count). The lowest BCUT2D eigenvalue weighted by Crippen LogP contribution is -2.09. The van der Waals surface area contributed by atoms with Crippen molar-refractivity contribution in [1.82, 2.24) is 9.78 Å². The molecule has 1 unspecified atom stereocenters. The Bertz CT molecular complexity index is 256. The fourth-order valence-electron chi connectivity index (χ4n) is 1.05. The highest BCUT2D eigenvalue weighted by Gasteiger charge is 2.10. The fraction of sp³-hybridized carbons (Fsp3) is 0.625. The number of hydrogen-bond acceptors (Lipinski definition) is 3. The largest absolute Gasteiger partial charge is 0.616 e. The molecule has 0 aromatic carbocycles. The number of aryl methyl sites for hydroxylation is 1. The summed E-state index contributed by atoms with van der Waals surface area (Å²) >= 11 is -0.853. The Balaban J connectivity index is 2.53. The molecule has 1 atom stereocenters. The lowest BCUT2D eigenvalue weighted by atomic mass is 10.5. The monoisotopic (exact) mass is 202 g/mol. The van der Waals surface area contributed by atoms with Gasteiger partial charge in [0, 0.05) is 13.1 Å². The van der Waals surface area contributed by atoms with Crippen LogP contribution in [0.15, 0.2) is 6.07 Å². The van der Waals surface area contributed by atoms with Crippen molar-refractivity contribution in [1.29, 1.82) is 0 Å². The molecule has 0 amide bonds. The smallest absolute Gasteiger partial charge is 0.209 e. The molecule has 74 valence electrons. The van der Waals surface area contributed by atoms with Crippen LogP contribution in [0.1, 0.15) is 19.0 Å². The molecular weight excluding hydrogens is 188 g/mol. The van der Waals surface area contributed by atoms with Crippen molar-refractivity contribution in [2.45, 2.75) is 19.1 Å². The number of hydrogen-bond donors (Lipinski definition) is 1. The summed E-state index contributed by atoms with van der Waals surface area (Å²) < 4.78 is 12.7. The lowest BCUT2D eigenvalue weighted by molar-refractivity contribution is 0.419. The topological polar surface area (TPSA) is 61.1 Å². The third kappa shape index (κ3) is 2.93. The molecule has 13 heavy (non-hydrogen) atoms. The molecule has 0 saturated heterocycles. The van der Waals surface area contributed by atoms with E-state index in [1.165, 1.54) is 4.68 Å². The first-order chi connectivity index (χ1) is 6.13. The van der Waals surface area contributed by atoms with Crippen LogP contribution in [0.25, 0.3) is 0 Å². The zero-order chi connectivity index (χ0) is 9.84. The summed E-state index contributed by atoms with van der Waals surface area (Å²) in [4.78, 5) is 0. The Morgan fingerprint density at radius 3 is 2.85 bits per heavy atom. The Hall–Kier alpha value is -0.680. The third-order valence-corrected chi connectivity index (χ3v) is 3.13. The van der Waals surface area contributed by atoms with Gasteiger partial charge in [-0.15, -0.1) is 0 Å². The molecule has 0 bridgehead atoms.